The van der Waals surface area contributed by atoms with Crippen molar-refractivity contribution in [3.05, 3.63) is 59.7 Å². The zero-order valence-electron chi connectivity index (χ0n) is 15.7. The number of amidine groups is 1. The van der Waals surface area contributed by atoms with Crippen LogP contribution in [0, 0.1) is 0 Å². The molecule has 0 radical (unpaired) electrons. The SMILES string of the molecule is COC(=O)c1ccc(OCCOc2ccc(C=NN=C3NC(=O)CS3)cc2)cc1. The molecule has 29 heavy (non-hydrogen) atoms. The van der Waals surface area contributed by atoms with Gasteiger partial charge in [-0.05, 0) is 54.1 Å². The van der Waals surface area contributed by atoms with Crippen molar-refractivity contribution in [2.24, 2.45) is 10.2 Å². The molecule has 1 amide bonds. The van der Waals surface area contributed by atoms with Crippen LogP contribution < -0.4 is 14.8 Å². The average Bonchev–Trinajstić information content (AvgIpc) is 3.17. The van der Waals surface area contributed by atoms with Crippen molar-refractivity contribution in [3.63, 3.8) is 0 Å². The van der Waals surface area contributed by atoms with Gasteiger partial charge in [0.2, 0.25) is 5.91 Å². The first-order valence-corrected chi connectivity index (χ1v) is 9.70. The van der Waals surface area contributed by atoms with Crippen LogP contribution in [0.2, 0.25) is 0 Å². The fourth-order valence-corrected chi connectivity index (χ4v) is 2.93. The van der Waals surface area contributed by atoms with Crippen LogP contribution in [0.25, 0.3) is 0 Å². The van der Waals surface area contributed by atoms with E-state index in [1.807, 2.05) is 24.3 Å². The number of hydrogen-bond donors (Lipinski definition) is 1. The van der Waals surface area contributed by atoms with E-state index in [1.165, 1.54) is 18.9 Å². The molecule has 2 aromatic rings. The van der Waals surface area contributed by atoms with Gasteiger partial charge in [0.25, 0.3) is 0 Å². The number of carbonyl (C=O) groups is 2. The largest absolute Gasteiger partial charge is 0.490 e. The predicted molar refractivity (Wildman–Crippen MR) is 111 cm³/mol. The summed E-state index contributed by atoms with van der Waals surface area (Å²) in [5.41, 5.74) is 1.33. The molecule has 1 saturated heterocycles. The molecule has 150 valence electrons. The number of ether oxygens (including phenoxy) is 3. The number of methoxy groups -OCH3 is 1. The van der Waals surface area contributed by atoms with Crippen molar-refractivity contribution in [1.82, 2.24) is 5.32 Å². The van der Waals surface area contributed by atoms with Crippen LogP contribution in [-0.2, 0) is 9.53 Å². The van der Waals surface area contributed by atoms with Gasteiger partial charge in [0.15, 0.2) is 5.17 Å². The molecule has 1 aliphatic heterocycles. The van der Waals surface area contributed by atoms with Gasteiger partial charge in [0, 0.05) is 0 Å². The van der Waals surface area contributed by atoms with Gasteiger partial charge < -0.3 is 19.5 Å². The number of nitrogens with zero attached hydrogens (tertiary/aromatic N) is 2. The van der Waals surface area contributed by atoms with Crippen LogP contribution in [0.15, 0.2) is 58.7 Å². The Morgan fingerprint density at radius 3 is 2.24 bits per heavy atom. The molecule has 8 nitrogen and oxygen atoms in total. The second-order valence-corrected chi connectivity index (χ2v) is 6.73. The lowest BCUT2D eigenvalue weighted by Gasteiger charge is -2.09. The summed E-state index contributed by atoms with van der Waals surface area (Å²) in [5.74, 6) is 1.28. The number of amides is 1. The zero-order chi connectivity index (χ0) is 20.5. The van der Waals surface area contributed by atoms with Gasteiger partial charge in [-0.3, -0.25) is 4.79 Å². The summed E-state index contributed by atoms with van der Waals surface area (Å²) in [5, 5.41) is 11.0. The van der Waals surface area contributed by atoms with Crippen molar-refractivity contribution in [3.8, 4) is 11.5 Å². The number of hydrogen-bond acceptors (Lipinski definition) is 8. The maximum absolute atomic E-state index is 11.4. The van der Waals surface area contributed by atoms with Gasteiger partial charge in [-0.15, -0.1) is 5.10 Å². The third-order valence-corrected chi connectivity index (χ3v) is 4.58. The monoisotopic (exact) mass is 413 g/mol. The zero-order valence-corrected chi connectivity index (χ0v) is 16.5. The molecule has 1 aliphatic rings. The van der Waals surface area contributed by atoms with Crippen LogP contribution in [-0.4, -0.2) is 49.3 Å². The van der Waals surface area contributed by atoms with Gasteiger partial charge in [0.05, 0.1) is 24.6 Å². The van der Waals surface area contributed by atoms with E-state index in [0.717, 1.165) is 5.56 Å². The molecule has 2 aromatic carbocycles. The Hall–Kier alpha value is -3.33. The average molecular weight is 413 g/mol. The third kappa shape index (κ3) is 6.35. The Balaban J connectivity index is 1.40. The molecule has 0 aliphatic carbocycles. The summed E-state index contributed by atoms with van der Waals surface area (Å²) in [7, 11) is 1.34. The van der Waals surface area contributed by atoms with Crippen molar-refractivity contribution in [1.29, 1.82) is 0 Å². The molecule has 1 N–H and O–H groups in total. The van der Waals surface area contributed by atoms with E-state index in [9.17, 15) is 9.59 Å². The fraction of sp³-hybridized carbons (Fsp3) is 0.200. The van der Waals surface area contributed by atoms with Crippen LogP contribution in [0.3, 0.4) is 0 Å². The molecule has 0 saturated carbocycles. The van der Waals surface area contributed by atoms with Crippen LogP contribution in [0.5, 0.6) is 11.5 Å². The predicted octanol–water partition coefficient (Wildman–Crippen LogP) is 2.48. The Morgan fingerprint density at radius 2 is 1.69 bits per heavy atom. The summed E-state index contributed by atoms with van der Waals surface area (Å²) in [6.45, 7) is 0.735. The lowest BCUT2D eigenvalue weighted by Crippen LogP contribution is -2.19. The highest BCUT2D eigenvalue weighted by atomic mass is 32.2. The molecule has 9 heteroatoms. The number of rotatable bonds is 8. The van der Waals surface area contributed by atoms with Gasteiger partial charge >= 0.3 is 5.97 Å². The summed E-state index contributed by atoms with van der Waals surface area (Å²) >= 11 is 1.32. The van der Waals surface area contributed by atoms with E-state index in [1.54, 1.807) is 30.5 Å². The number of benzene rings is 2. The Bertz CT molecular complexity index is 911. The second-order valence-electron chi connectivity index (χ2n) is 5.77. The molecule has 0 atom stereocenters. The lowest BCUT2D eigenvalue weighted by molar-refractivity contribution is -0.116. The Labute approximate surface area is 171 Å². The van der Waals surface area contributed by atoms with E-state index in [2.05, 4.69) is 20.3 Å². The molecular weight excluding hydrogens is 394 g/mol. The van der Waals surface area contributed by atoms with Gasteiger partial charge in [-0.2, -0.15) is 5.10 Å². The van der Waals surface area contributed by atoms with Gasteiger partial charge in [-0.1, -0.05) is 11.8 Å². The second kappa shape index (κ2) is 10.3. The molecule has 3 rings (SSSR count). The van der Waals surface area contributed by atoms with E-state index in [0.29, 0.717) is 41.2 Å². The maximum atomic E-state index is 11.4. The minimum Gasteiger partial charge on any atom is -0.490 e. The highest BCUT2D eigenvalue weighted by molar-refractivity contribution is 8.15. The molecule has 0 spiro atoms. The van der Waals surface area contributed by atoms with E-state index in [4.69, 9.17) is 9.47 Å². The van der Waals surface area contributed by atoms with E-state index in [-0.39, 0.29) is 11.9 Å². The number of esters is 1. The smallest absolute Gasteiger partial charge is 0.337 e. The van der Waals surface area contributed by atoms with Crippen LogP contribution in [0.4, 0.5) is 0 Å². The van der Waals surface area contributed by atoms with Crippen molar-refractivity contribution in [2.75, 3.05) is 26.1 Å². The number of carbonyl (C=O) groups excluding carboxylic acids is 2. The number of nitrogens with one attached hydrogen (secondary N) is 1. The summed E-state index contributed by atoms with van der Waals surface area (Å²) in [6, 6.07) is 14.1. The molecule has 0 aromatic heterocycles. The standard InChI is InChI=1S/C20H19N3O5S/c1-26-19(25)15-4-8-17(9-5-15)28-11-10-27-16-6-2-14(3-7-16)12-21-23-20-22-18(24)13-29-20/h2-9,12H,10-11,13H2,1H3,(H,22,23,24). The van der Waals surface area contributed by atoms with Crippen LogP contribution >= 0.6 is 11.8 Å². The summed E-state index contributed by atoms with van der Waals surface area (Å²) in [4.78, 5) is 22.4. The molecule has 1 fully saturated rings. The van der Waals surface area contributed by atoms with Gasteiger partial charge in [-0.25, -0.2) is 4.79 Å². The van der Waals surface area contributed by atoms with Gasteiger partial charge in [0.1, 0.15) is 24.7 Å². The Morgan fingerprint density at radius 1 is 1.07 bits per heavy atom. The number of thioether (sulfide) groups is 1. The third-order valence-electron chi connectivity index (χ3n) is 3.72. The molecule has 0 unspecified atom stereocenters. The summed E-state index contributed by atoms with van der Waals surface area (Å²) < 4.78 is 15.9. The van der Waals surface area contributed by atoms with Crippen molar-refractivity contribution >= 4 is 35.0 Å². The minimum atomic E-state index is -0.384. The first-order valence-electron chi connectivity index (χ1n) is 8.72. The highest BCUT2D eigenvalue weighted by Crippen LogP contribution is 2.14. The van der Waals surface area contributed by atoms with Crippen LogP contribution in [0.1, 0.15) is 15.9 Å². The Kier molecular flexibility index (Phi) is 7.23. The maximum Gasteiger partial charge on any atom is 0.337 e. The molecular formula is C20H19N3O5S. The molecule has 1 heterocycles. The quantitative estimate of drug-likeness (QED) is 0.309. The highest BCUT2D eigenvalue weighted by Gasteiger charge is 2.15. The van der Waals surface area contributed by atoms with E-state index < -0.39 is 0 Å². The van der Waals surface area contributed by atoms with Crippen molar-refractivity contribution < 1.29 is 23.8 Å². The lowest BCUT2D eigenvalue weighted by atomic mass is 10.2. The van der Waals surface area contributed by atoms with E-state index >= 15 is 0 Å². The molecule has 0 bridgehead atoms. The van der Waals surface area contributed by atoms with Crippen molar-refractivity contribution in [2.45, 2.75) is 0 Å². The fourth-order valence-electron chi connectivity index (χ4n) is 2.30. The normalized spacial score (nSPS) is 14.8. The first-order chi connectivity index (χ1) is 14.1. The first kappa shape index (κ1) is 20.4. The summed E-state index contributed by atoms with van der Waals surface area (Å²) in [6.07, 6.45) is 1.60. The minimum absolute atomic E-state index is 0.0624. The topological polar surface area (TPSA) is 98.6 Å².